The van der Waals surface area contributed by atoms with Crippen molar-refractivity contribution < 1.29 is 14.3 Å². The molecule has 1 aliphatic rings. The molecule has 166 valence electrons. The maximum atomic E-state index is 11.9. The zero-order chi connectivity index (χ0) is 22.4. The number of hydrogen-bond donors (Lipinski definition) is 4. The van der Waals surface area contributed by atoms with Crippen LogP contribution in [0.1, 0.15) is 43.0 Å². The third-order valence-corrected chi connectivity index (χ3v) is 5.43. The summed E-state index contributed by atoms with van der Waals surface area (Å²) in [5, 5.41) is 12.5. The van der Waals surface area contributed by atoms with Crippen LogP contribution in [-0.2, 0) is 4.79 Å². The first-order valence-corrected chi connectivity index (χ1v) is 10.5. The van der Waals surface area contributed by atoms with Gasteiger partial charge in [-0.25, -0.2) is 4.98 Å². The second kappa shape index (κ2) is 10.3. The normalized spacial score (nSPS) is 18.1. The van der Waals surface area contributed by atoms with E-state index in [-0.39, 0.29) is 23.9 Å². The Labute approximate surface area is 186 Å². The van der Waals surface area contributed by atoms with Gasteiger partial charge in [0.15, 0.2) is 5.82 Å². The Morgan fingerprint density at radius 3 is 2.61 bits per heavy atom. The molecule has 1 heterocycles. The van der Waals surface area contributed by atoms with Gasteiger partial charge in [0.05, 0.1) is 19.0 Å². The molecule has 31 heavy (non-hydrogen) atoms. The third-order valence-electron chi connectivity index (χ3n) is 5.16. The first kappa shape index (κ1) is 22.6. The number of methoxy groups -OCH3 is 1. The smallest absolute Gasteiger partial charge is 0.251 e. The molecule has 0 radical (unpaired) electrons. The molecule has 10 heteroatoms. The Kier molecular flexibility index (Phi) is 7.51. The van der Waals surface area contributed by atoms with Gasteiger partial charge in [0.2, 0.25) is 11.9 Å². The van der Waals surface area contributed by atoms with Crippen LogP contribution >= 0.6 is 11.6 Å². The lowest BCUT2D eigenvalue weighted by Crippen LogP contribution is -2.48. The number of nitrogens with zero attached hydrogens (tertiary/aromatic N) is 2. The summed E-state index contributed by atoms with van der Waals surface area (Å²) in [6.45, 7) is 1.52. The van der Waals surface area contributed by atoms with E-state index >= 15 is 0 Å². The van der Waals surface area contributed by atoms with E-state index in [1.54, 1.807) is 25.2 Å². The number of hydrogen-bond acceptors (Lipinski definition) is 7. The summed E-state index contributed by atoms with van der Waals surface area (Å²) in [7, 11) is 3.09. The van der Waals surface area contributed by atoms with Gasteiger partial charge in [-0.1, -0.05) is 24.4 Å². The number of halogens is 1. The summed E-state index contributed by atoms with van der Waals surface area (Å²) in [6.07, 6.45) is 5.46. The molecule has 0 bridgehead atoms. The van der Waals surface area contributed by atoms with Gasteiger partial charge in [-0.2, -0.15) is 4.98 Å². The Bertz CT molecular complexity index is 955. The van der Waals surface area contributed by atoms with Crippen LogP contribution in [0.25, 0.3) is 0 Å². The highest BCUT2D eigenvalue weighted by molar-refractivity contribution is 6.32. The fourth-order valence-electron chi connectivity index (χ4n) is 3.64. The number of carbonyl (C=O) groups is 2. The maximum Gasteiger partial charge on any atom is 0.251 e. The number of benzene rings is 1. The van der Waals surface area contributed by atoms with Crippen molar-refractivity contribution in [3.8, 4) is 5.75 Å². The van der Waals surface area contributed by atoms with Crippen LogP contribution in [0, 0.1) is 0 Å². The van der Waals surface area contributed by atoms with E-state index in [1.165, 1.54) is 20.2 Å². The molecule has 0 spiro atoms. The Morgan fingerprint density at radius 1 is 1.19 bits per heavy atom. The van der Waals surface area contributed by atoms with Crippen LogP contribution in [0.4, 0.5) is 17.5 Å². The molecular formula is C21H27ClN6O3. The quantitative estimate of drug-likeness (QED) is 0.516. The molecular weight excluding hydrogens is 420 g/mol. The van der Waals surface area contributed by atoms with Crippen LogP contribution in [0.3, 0.4) is 0 Å². The Morgan fingerprint density at radius 2 is 1.94 bits per heavy atom. The highest BCUT2D eigenvalue weighted by atomic mass is 35.5. The molecule has 1 aliphatic carbocycles. The second-order valence-corrected chi connectivity index (χ2v) is 7.76. The highest BCUT2D eigenvalue weighted by Crippen LogP contribution is 2.30. The average Bonchev–Trinajstić information content (AvgIpc) is 2.76. The van der Waals surface area contributed by atoms with Crippen LogP contribution in [0.15, 0.2) is 24.4 Å². The number of nitrogens with one attached hydrogen (secondary N) is 4. The number of carbonyl (C=O) groups excluding carboxylic acids is 2. The Balaban J connectivity index is 1.79. The van der Waals surface area contributed by atoms with Crippen molar-refractivity contribution >= 4 is 40.9 Å². The standard InChI is InChI=1S/C21H27ClN6O3/c1-12(29)25-15-6-4-5-7-16(15)26-19-14(22)11-24-21(28-19)27-17-9-8-13(20(30)23-2)10-18(17)31-3/h8-11,15-16H,4-7H2,1-3H3,(H,23,30)(H,25,29)(H2,24,26,27,28)/t15-,16-/m1/s1. The summed E-state index contributed by atoms with van der Waals surface area (Å²) >= 11 is 6.33. The van der Waals surface area contributed by atoms with Gasteiger partial charge in [-0.05, 0) is 31.0 Å². The van der Waals surface area contributed by atoms with Crippen molar-refractivity contribution in [2.75, 3.05) is 24.8 Å². The fourth-order valence-corrected chi connectivity index (χ4v) is 3.79. The molecule has 2 atom stereocenters. The van der Waals surface area contributed by atoms with Crippen molar-refractivity contribution in [2.45, 2.75) is 44.7 Å². The van der Waals surface area contributed by atoms with E-state index < -0.39 is 0 Å². The van der Waals surface area contributed by atoms with E-state index in [0.29, 0.717) is 33.8 Å². The lowest BCUT2D eigenvalue weighted by Gasteiger charge is -2.33. The first-order valence-electron chi connectivity index (χ1n) is 10.1. The zero-order valence-electron chi connectivity index (χ0n) is 17.8. The van der Waals surface area contributed by atoms with Gasteiger partial charge < -0.3 is 26.0 Å². The van der Waals surface area contributed by atoms with Crippen molar-refractivity contribution in [3.05, 3.63) is 35.0 Å². The SMILES string of the molecule is CNC(=O)c1ccc(Nc2ncc(Cl)c(N[C@@H]3CCCC[C@H]3NC(C)=O)n2)c(OC)c1. The highest BCUT2D eigenvalue weighted by Gasteiger charge is 2.26. The van der Waals surface area contributed by atoms with Crippen LogP contribution < -0.4 is 26.0 Å². The number of anilines is 3. The predicted octanol–water partition coefficient (Wildman–Crippen LogP) is 3.10. The minimum absolute atomic E-state index is 0.0195. The van der Waals surface area contributed by atoms with Crippen molar-refractivity contribution in [3.63, 3.8) is 0 Å². The maximum absolute atomic E-state index is 11.9. The predicted molar refractivity (Wildman–Crippen MR) is 120 cm³/mol. The van der Waals surface area contributed by atoms with Crippen LogP contribution in [-0.4, -0.2) is 48.0 Å². The molecule has 9 nitrogen and oxygen atoms in total. The van der Waals surface area contributed by atoms with Gasteiger partial charge in [0, 0.05) is 31.6 Å². The minimum atomic E-state index is -0.208. The van der Waals surface area contributed by atoms with Gasteiger partial charge in [-0.15, -0.1) is 0 Å². The third kappa shape index (κ3) is 5.75. The molecule has 1 fully saturated rings. The van der Waals surface area contributed by atoms with E-state index in [0.717, 1.165) is 25.7 Å². The summed E-state index contributed by atoms with van der Waals surface area (Å²) in [5.74, 6) is 1.03. The molecule has 1 saturated carbocycles. The minimum Gasteiger partial charge on any atom is -0.495 e. The molecule has 1 aromatic heterocycles. The van der Waals surface area contributed by atoms with E-state index in [2.05, 4.69) is 31.2 Å². The molecule has 3 rings (SSSR count). The number of amides is 2. The van der Waals surface area contributed by atoms with Crippen molar-refractivity contribution in [1.82, 2.24) is 20.6 Å². The van der Waals surface area contributed by atoms with Gasteiger partial charge in [-0.3, -0.25) is 9.59 Å². The van der Waals surface area contributed by atoms with Crippen molar-refractivity contribution in [2.24, 2.45) is 0 Å². The van der Waals surface area contributed by atoms with Gasteiger partial charge in [0.25, 0.3) is 5.91 Å². The van der Waals surface area contributed by atoms with E-state index in [4.69, 9.17) is 16.3 Å². The molecule has 2 aromatic rings. The first-order chi connectivity index (χ1) is 14.9. The van der Waals surface area contributed by atoms with E-state index in [9.17, 15) is 9.59 Å². The second-order valence-electron chi connectivity index (χ2n) is 7.35. The molecule has 0 unspecified atom stereocenters. The molecule has 0 saturated heterocycles. The lowest BCUT2D eigenvalue weighted by molar-refractivity contribution is -0.119. The number of aromatic nitrogens is 2. The molecule has 0 aliphatic heterocycles. The summed E-state index contributed by atoms with van der Waals surface area (Å²) < 4.78 is 5.40. The Hall–Kier alpha value is -3.07. The number of rotatable bonds is 7. The van der Waals surface area contributed by atoms with Crippen LogP contribution in [0.2, 0.25) is 5.02 Å². The van der Waals surface area contributed by atoms with Crippen molar-refractivity contribution in [1.29, 1.82) is 0 Å². The molecule has 1 aromatic carbocycles. The summed E-state index contributed by atoms with van der Waals surface area (Å²) in [6, 6.07) is 5.09. The summed E-state index contributed by atoms with van der Waals surface area (Å²) in [4.78, 5) is 32.2. The van der Waals surface area contributed by atoms with Crippen LogP contribution in [0.5, 0.6) is 5.75 Å². The van der Waals surface area contributed by atoms with E-state index in [1.807, 2.05) is 0 Å². The van der Waals surface area contributed by atoms with Gasteiger partial charge in [0.1, 0.15) is 10.8 Å². The average molecular weight is 447 g/mol. The largest absolute Gasteiger partial charge is 0.495 e. The zero-order valence-corrected chi connectivity index (χ0v) is 18.5. The summed E-state index contributed by atoms with van der Waals surface area (Å²) in [5.41, 5.74) is 1.09. The lowest BCUT2D eigenvalue weighted by atomic mass is 9.90. The molecule has 4 N–H and O–H groups in total. The number of ether oxygens (including phenoxy) is 1. The topological polar surface area (TPSA) is 117 Å². The fraction of sp³-hybridized carbons (Fsp3) is 0.429. The monoisotopic (exact) mass is 446 g/mol. The van der Waals surface area contributed by atoms with Gasteiger partial charge >= 0.3 is 0 Å². The molecule has 2 amide bonds.